The Hall–Kier alpha value is -1.69. The van der Waals surface area contributed by atoms with E-state index < -0.39 is 11.8 Å². The second-order valence-electron chi connectivity index (χ2n) is 3.82. The summed E-state index contributed by atoms with van der Waals surface area (Å²) in [5.41, 5.74) is 2.17. The highest BCUT2D eigenvalue weighted by atomic mass is 32.1. The van der Waals surface area contributed by atoms with E-state index in [0.29, 0.717) is 12.5 Å². The molecule has 0 bridgehead atoms. The van der Waals surface area contributed by atoms with Crippen LogP contribution >= 0.6 is 11.3 Å². The van der Waals surface area contributed by atoms with Gasteiger partial charge >= 0.3 is 11.8 Å². The molecule has 2 N–H and O–H groups in total. The maximum Gasteiger partial charge on any atom is 0.329 e. The summed E-state index contributed by atoms with van der Waals surface area (Å²) in [7, 11) is 0. The van der Waals surface area contributed by atoms with Gasteiger partial charge in [-0.2, -0.15) is 5.10 Å². The van der Waals surface area contributed by atoms with Gasteiger partial charge in [-0.3, -0.25) is 9.59 Å². The predicted octanol–water partition coefficient (Wildman–Crippen LogP) is 0.970. The van der Waals surface area contributed by atoms with Gasteiger partial charge in [-0.05, 0) is 17.4 Å². The maximum absolute atomic E-state index is 11.3. The highest BCUT2D eigenvalue weighted by molar-refractivity contribution is 7.11. The quantitative estimate of drug-likeness (QED) is 0.477. The highest BCUT2D eigenvalue weighted by Gasteiger charge is 2.11. The third kappa shape index (κ3) is 5.26. The van der Waals surface area contributed by atoms with E-state index in [2.05, 4.69) is 15.8 Å². The largest absolute Gasteiger partial charge is 0.348 e. The van der Waals surface area contributed by atoms with Gasteiger partial charge < -0.3 is 5.32 Å². The monoisotopic (exact) mass is 253 g/mol. The van der Waals surface area contributed by atoms with Gasteiger partial charge in [-0.1, -0.05) is 19.9 Å². The molecule has 1 rings (SSSR count). The summed E-state index contributed by atoms with van der Waals surface area (Å²) in [6.07, 6.45) is 1.50. The van der Waals surface area contributed by atoms with Crippen LogP contribution in [0.3, 0.4) is 0 Å². The zero-order valence-electron chi connectivity index (χ0n) is 9.77. The summed E-state index contributed by atoms with van der Waals surface area (Å²) in [5.74, 6) is -1.11. The molecule has 0 saturated carbocycles. The van der Waals surface area contributed by atoms with Crippen LogP contribution in [-0.2, 0) is 9.59 Å². The van der Waals surface area contributed by atoms with Gasteiger partial charge in [0.15, 0.2) is 0 Å². The Kier molecular flexibility index (Phi) is 5.35. The van der Waals surface area contributed by atoms with Gasteiger partial charge in [-0.15, -0.1) is 11.3 Å². The summed E-state index contributed by atoms with van der Waals surface area (Å²) >= 11 is 1.50. The molecule has 2 amide bonds. The SMILES string of the molecule is CC(C)CNC(=O)C(=O)N/N=C/c1cccs1. The Balaban J connectivity index is 2.31. The number of rotatable bonds is 4. The minimum atomic E-state index is -0.751. The minimum absolute atomic E-state index is 0.307. The fourth-order valence-electron chi connectivity index (χ4n) is 0.947. The van der Waals surface area contributed by atoms with Crippen LogP contribution in [-0.4, -0.2) is 24.6 Å². The zero-order valence-corrected chi connectivity index (χ0v) is 10.6. The number of amides is 2. The number of nitrogens with zero attached hydrogens (tertiary/aromatic N) is 1. The average Bonchev–Trinajstić information content (AvgIpc) is 2.78. The molecular formula is C11H15N3O2S. The number of carbonyl (C=O) groups is 2. The Bertz CT molecular complexity index is 399. The lowest BCUT2D eigenvalue weighted by molar-refractivity contribution is -0.139. The highest BCUT2D eigenvalue weighted by Crippen LogP contribution is 2.03. The van der Waals surface area contributed by atoms with E-state index in [9.17, 15) is 9.59 Å². The summed E-state index contributed by atoms with van der Waals surface area (Å²) in [6, 6.07) is 3.74. The molecule has 0 spiro atoms. The van der Waals surface area contributed by atoms with E-state index in [1.165, 1.54) is 17.6 Å². The fraction of sp³-hybridized carbons (Fsp3) is 0.364. The van der Waals surface area contributed by atoms with Crippen molar-refractivity contribution in [2.24, 2.45) is 11.0 Å². The Morgan fingerprint density at radius 1 is 1.47 bits per heavy atom. The van der Waals surface area contributed by atoms with Crippen LogP contribution in [0.25, 0.3) is 0 Å². The molecular weight excluding hydrogens is 238 g/mol. The lowest BCUT2D eigenvalue weighted by Crippen LogP contribution is -2.39. The normalized spacial score (nSPS) is 10.8. The Morgan fingerprint density at radius 2 is 2.24 bits per heavy atom. The lowest BCUT2D eigenvalue weighted by atomic mass is 10.2. The van der Waals surface area contributed by atoms with Gasteiger partial charge in [0.2, 0.25) is 0 Å². The molecule has 6 heteroatoms. The topological polar surface area (TPSA) is 70.6 Å². The minimum Gasteiger partial charge on any atom is -0.348 e. The molecule has 0 saturated heterocycles. The van der Waals surface area contributed by atoms with E-state index in [4.69, 9.17) is 0 Å². The summed E-state index contributed by atoms with van der Waals surface area (Å²) < 4.78 is 0. The molecule has 17 heavy (non-hydrogen) atoms. The average molecular weight is 253 g/mol. The van der Waals surface area contributed by atoms with Gasteiger partial charge in [0.1, 0.15) is 0 Å². The van der Waals surface area contributed by atoms with E-state index in [1.54, 1.807) is 0 Å². The second-order valence-corrected chi connectivity index (χ2v) is 4.80. The predicted molar refractivity (Wildman–Crippen MR) is 67.9 cm³/mol. The summed E-state index contributed by atoms with van der Waals surface area (Å²) in [5, 5.41) is 8.09. The third-order valence-corrected chi connectivity index (χ3v) is 2.59. The number of carbonyl (C=O) groups excluding carboxylic acids is 2. The van der Waals surface area contributed by atoms with Crippen molar-refractivity contribution in [1.82, 2.24) is 10.7 Å². The van der Waals surface area contributed by atoms with Crippen molar-refractivity contribution in [2.45, 2.75) is 13.8 Å². The number of hydrogen-bond acceptors (Lipinski definition) is 4. The van der Waals surface area contributed by atoms with Crippen molar-refractivity contribution >= 4 is 29.4 Å². The van der Waals surface area contributed by atoms with Crippen molar-refractivity contribution in [3.63, 3.8) is 0 Å². The molecule has 0 radical (unpaired) electrons. The molecule has 0 aliphatic heterocycles. The Morgan fingerprint density at radius 3 is 2.82 bits per heavy atom. The number of hydrogen-bond donors (Lipinski definition) is 2. The first-order valence-corrected chi connectivity index (χ1v) is 6.12. The zero-order chi connectivity index (χ0) is 12.7. The molecule has 1 aromatic rings. The van der Waals surface area contributed by atoms with Crippen molar-refractivity contribution in [3.05, 3.63) is 22.4 Å². The second kappa shape index (κ2) is 6.80. The maximum atomic E-state index is 11.3. The van der Waals surface area contributed by atoms with E-state index in [-0.39, 0.29) is 0 Å². The smallest absolute Gasteiger partial charge is 0.329 e. The van der Waals surface area contributed by atoms with Crippen molar-refractivity contribution in [1.29, 1.82) is 0 Å². The molecule has 92 valence electrons. The molecule has 1 aromatic heterocycles. The number of nitrogens with one attached hydrogen (secondary N) is 2. The van der Waals surface area contributed by atoms with Gasteiger partial charge in [0.25, 0.3) is 0 Å². The third-order valence-electron chi connectivity index (χ3n) is 1.78. The first-order valence-electron chi connectivity index (χ1n) is 5.24. The van der Waals surface area contributed by atoms with E-state index in [0.717, 1.165) is 4.88 Å². The molecule has 0 aliphatic carbocycles. The molecule has 0 fully saturated rings. The molecule has 5 nitrogen and oxygen atoms in total. The van der Waals surface area contributed by atoms with Crippen molar-refractivity contribution < 1.29 is 9.59 Å². The molecule has 0 atom stereocenters. The molecule has 1 heterocycles. The Labute approximate surface area is 104 Å². The van der Waals surface area contributed by atoms with Gasteiger partial charge in [0.05, 0.1) is 6.21 Å². The van der Waals surface area contributed by atoms with Crippen molar-refractivity contribution in [2.75, 3.05) is 6.54 Å². The van der Waals surface area contributed by atoms with Crippen LogP contribution in [0, 0.1) is 5.92 Å². The standard InChI is InChI=1S/C11H15N3O2S/c1-8(2)6-12-10(15)11(16)14-13-7-9-4-3-5-17-9/h3-5,7-8H,6H2,1-2H3,(H,12,15)(H,14,16)/b13-7+. The van der Waals surface area contributed by atoms with Crippen LogP contribution < -0.4 is 10.7 Å². The van der Waals surface area contributed by atoms with Crippen LogP contribution in [0.15, 0.2) is 22.6 Å². The van der Waals surface area contributed by atoms with Crippen molar-refractivity contribution in [3.8, 4) is 0 Å². The first kappa shape index (κ1) is 13.4. The van der Waals surface area contributed by atoms with E-state index in [1.807, 2.05) is 31.4 Å². The summed E-state index contributed by atoms with van der Waals surface area (Å²) in [4.78, 5) is 23.4. The number of hydrazone groups is 1. The molecule has 0 aliphatic rings. The van der Waals surface area contributed by atoms with Gasteiger partial charge in [-0.25, -0.2) is 5.43 Å². The first-order chi connectivity index (χ1) is 8.09. The van der Waals surface area contributed by atoms with E-state index >= 15 is 0 Å². The fourth-order valence-corrected chi connectivity index (χ4v) is 1.53. The van der Waals surface area contributed by atoms with Gasteiger partial charge in [0, 0.05) is 11.4 Å². The molecule has 0 aromatic carbocycles. The van der Waals surface area contributed by atoms with Crippen LogP contribution in [0.2, 0.25) is 0 Å². The lowest BCUT2D eigenvalue weighted by Gasteiger charge is -2.05. The number of thiophene rings is 1. The molecule has 0 unspecified atom stereocenters. The van der Waals surface area contributed by atoms with Crippen LogP contribution in [0.4, 0.5) is 0 Å². The van der Waals surface area contributed by atoms with Crippen LogP contribution in [0.1, 0.15) is 18.7 Å². The summed E-state index contributed by atoms with van der Waals surface area (Å²) in [6.45, 7) is 4.38. The van der Waals surface area contributed by atoms with Crippen LogP contribution in [0.5, 0.6) is 0 Å².